The number of hydrogen-bond donors (Lipinski definition) is 3. The second kappa shape index (κ2) is 10.4. The second-order valence-electron chi connectivity index (χ2n) is 8.41. The molecule has 4 rings (SSSR count). The maximum absolute atomic E-state index is 13.2. The highest BCUT2D eigenvalue weighted by molar-refractivity contribution is 6.32. The number of para-hydroxylation sites is 1. The van der Waals surface area contributed by atoms with Gasteiger partial charge in [0.05, 0.1) is 30.8 Å². The van der Waals surface area contributed by atoms with Crippen molar-refractivity contribution in [2.24, 2.45) is 5.92 Å². The summed E-state index contributed by atoms with van der Waals surface area (Å²) >= 11 is 6.16. The third-order valence-corrected chi connectivity index (χ3v) is 6.24. The van der Waals surface area contributed by atoms with Crippen LogP contribution in [0.4, 0.5) is 5.82 Å². The Labute approximate surface area is 196 Å². The quantitative estimate of drug-likeness (QED) is 0.486. The Kier molecular flexibility index (Phi) is 7.32. The van der Waals surface area contributed by atoms with Crippen molar-refractivity contribution in [2.45, 2.75) is 44.4 Å². The maximum Gasteiger partial charge on any atom is 0.251 e. The van der Waals surface area contributed by atoms with Crippen molar-refractivity contribution in [1.82, 2.24) is 14.7 Å². The van der Waals surface area contributed by atoms with E-state index < -0.39 is 12.1 Å². The molecule has 1 saturated carbocycles. The Bertz CT molecular complexity index is 1040. The fourth-order valence-electron chi connectivity index (χ4n) is 3.94. The van der Waals surface area contributed by atoms with E-state index in [0.29, 0.717) is 34.7 Å². The number of carbonyl (C=O) groups is 2. The molecule has 2 heterocycles. The van der Waals surface area contributed by atoms with Crippen LogP contribution in [-0.2, 0) is 16.1 Å². The number of halogens is 1. The average molecular weight is 475 g/mol. The topological polar surface area (TPSA) is 117 Å². The highest BCUT2D eigenvalue weighted by Gasteiger charge is 2.37. The van der Waals surface area contributed by atoms with E-state index in [4.69, 9.17) is 21.4 Å². The number of anilines is 1. The first kappa shape index (κ1) is 23.3. The Morgan fingerprint density at radius 3 is 2.79 bits per heavy atom. The monoisotopic (exact) mass is 474 g/mol. The van der Waals surface area contributed by atoms with Crippen molar-refractivity contribution in [1.29, 1.82) is 0 Å². The lowest BCUT2D eigenvalue weighted by Gasteiger charge is -2.33. The molecule has 0 bridgehead atoms. The minimum absolute atomic E-state index is 0.106. The first-order chi connectivity index (χ1) is 15.9. The molecule has 0 unspecified atom stereocenters. The van der Waals surface area contributed by atoms with Gasteiger partial charge in [0.1, 0.15) is 17.6 Å². The summed E-state index contributed by atoms with van der Waals surface area (Å²) in [6.45, 7) is -0.102. The second-order valence-corrected chi connectivity index (χ2v) is 8.81. The van der Waals surface area contributed by atoms with Gasteiger partial charge in [0, 0.05) is 18.3 Å². The molecule has 1 fully saturated rings. The average Bonchev–Trinajstić information content (AvgIpc) is 3.34. The van der Waals surface area contributed by atoms with Gasteiger partial charge < -0.3 is 25.2 Å². The Morgan fingerprint density at radius 1 is 1.30 bits per heavy atom. The van der Waals surface area contributed by atoms with E-state index in [1.54, 1.807) is 36.5 Å². The fraction of sp³-hybridized carbons (Fsp3) is 0.435. The van der Waals surface area contributed by atoms with Gasteiger partial charge in [-0.15, -0.1) is 0 Å². The molecule has 2 atom stereocenters. The van der Waals surface area contributed by atoms with Crippen LogP contribution in [0.2, 0.25) is 5.02 Å². The molecule has 0 radical (unpaired) electrons. The lowest BCUT2D eigenvalue weighted by atomic mass is 9.80. The van der Waals surface area contributed by atoms with Gasteiger partial charge >= 0.3 is 0 Å². The molecule has 1 aliphatic carbocycles. The summed E-state index contributed by atoms with van der Waals surface area (Å²) in [6, 6.07) is 7.96. The van der Waals surface area contributed by atoms with Crippen LogP contribution < -0.4 is 10.1 Å². The van der Waals surface area contributed by atoms with Crippen LogP contribution in [-0.4, -0.2) is 62.0 Å². The Hall–Kier alpha value is -2.88. The summed E-state index contributed by atoms with van der Waals surface area (Å²) in [5, 5.41) is 26.0. The SMILES string of the molecule is O=C(Nc1ccn(C[C@@H](O)CO)n1)[C@@H](CC1CCC1)N1CC(Oc2ccccc2Cl)=CC1=O. The van der Waals surface area contributed by atoms with Crippen molar-refractivity contribution in [3.8, 4) is 5.75 Å². The summed E-state index contributed by atoms with van der Waals surface area (Å²) in [6.07, 6.45) is 5.83. The zero-order valence-electron chi connectivity index (χ0n) is 18.1. The molecule has 2 aliphatic rings. The van der Waals surface area contributed by atoms with Crippen molar-refractivity contribution < 1.29 is 24.5 Å². The normalized spacial score (nSPS) is 18.0. The van der Waals surface area contributed by atoms with E-state index in [2.05, 4.69) is 10.4 Å². The zero-order chi connectivity index (χ0) is 23.4. The summed E-state index contributed by atoms with van der Waals surface area (Å²) in [4.78, 5) is 27.5. The summed E-state index contributed by atoms with van der Waals surface area (Å²) in [5.41, 5.74) is 0. The summed E-state index contributed by atoms with van der Waals surface area (Å²) in [5.74, 6) is 0.983. The zero-order valence-corrected chi connectivity index (χ0v) is 18.8. The lowest BCUT2D eigenvalue weighted by molar-refractivity contribution is -0.134. The highest BCUT2D eigenvalue weighted by Crippen LogP contribution is 2.33. The molecule has 3 N–H and O–H groups in total. The number of ether oxygens (including phenoxy) is 1. The van der Waals surface area contributed by atoms with Crippen LogP contribution >= 0.6 is 11.6 Å². The van der Waals surface area contributed by atoms with Crippen LogP contribution in [0.15, 0.2) is 48.4 Å². The number of aliphatic hydroxyl groups is 2. The number of aromatic nitrogens is 2. The third-order valence-electron chi connectivity index (χ3n) is 5.93. The van der Waals surface area contributed by atoms with Crippen molar-refractivity contribution >= 4 is 29.2 Å². The number of hydrogen-bond acceptors (Lipinski definition) is 6. The Morgan fingerprint density at radius 2 is 2.09 bits per heavy atom. The number of aliphatic hydroxyl groups excluding tert-OH is 2. The largest absolute Gasteiger partial charge is 0.458 e. The van der Waals surface area contributed by atoms with Gasteiger partial charge in [-0.3, -0.25) is 14.3 Å². The van der Waals surface area contributed by atoms with Crippen molar-refractivity contribution in [3.05, 3.63) is 53.4 Å². The molecule has 10 heteroatoms. The van der Waals surface area contributed by atoms with E-state index in [-0.39, 0.29) is 31.5 Å². The van der Waals surface area contributed by atoms with Crippen LogP contribution in [0.25, 0.3) is 0 Å². The van der Waals surface area contributed by atoms with Gasteiger partial charge in [0.15, 0.2) is 5.82 Å². The van der Waals surface area contributed by atoms with Crippen LogP contribution in [0, 0.1) is 5.92 Å². The molecule has 1 aromatic carbocycles. The first-order valence-electron chi connectivity index (χ1n) is 11.0. The van der Waals surface area contributed by atoms with E-state index in [0.717, 1.165) is 19.3 Å². The van der Waals surface area contributed by atoms with Crippen molar-refractivity contribution in [2.75, 3.05) is 18.5 Å². The predicted molar refractivity (Wildman–Crippen MR) is 122 cm³/mol. The number of nitrogens with one attached hydrogen (secondary N) is 1. The maximum atomic E-state index is 13.2. The number of rotatable bonds is 10. The summed E-state index contributed by atoms with van der Waals surface area (Å²) < 4.78 is 7.27. The van der Waals surface area contributed by atoms with Gasteiger partial charge in [-0.05, 0) is 24.5 Å². The molecule has 1 aromatic heterocycles. The summed E-state index contributed by atoms with van der Waals surface area (Å²) in [7, 11) is 0. The van der Waals surface area contributed by atoms with Crippen LogP contribution in [0.1, 0.15) is 25.7 Å². The number of carbonyl (C=O) groups excluding carboxylic acids is 2. The lowest BCUT2D eigenvalue weighted by Crippen LogP contribution is -2.47. The first-order valence-corrected chi connectivity index (χ1v) is 11.4. The number of nitrogens with zero attached hydrogens (tertiary/aromatic N) is 3. The molecule has 0 saturated heterocycles. The van der Waals surface area contributed by atoms with Gasteiger partial charge in [-0.1, -0.05) is 43.0 Å². The highest BCUT2D eigenvalue weighted by atomic mass is 35.5. The standard InChI is InChI=1S/C23H27ClN4O5/c24-18-6-1-2-7-20(18)33-17-11-22(31)28(13-17)19(10-15-4-3-5-15)23(32)25-21-8-9-27(26-21)12-16(30)14-29/h1-2,6-9,11,15-16,19,29-30H,3-5,10,12-14H2,(H,25,26,32)/t16-,19-/m1/s1. The van der Waals surface area contributed by atoms with Gasteiger partial charge in [0.2, 0.25) is 5.91 Å². The molecular formula is C23H27ClN4O5. The molecular weight excluding hydrogens is 448 g/mol. The van der Waals surface area contributed by atoms with Gasteiger partial charge in [0.25, 0.3) is 5.91 Å². The molecule has 9 nitrogen and oxygen atoms in total. The van der Waals surface area contributed by atoms with E-state index in [1.807, 2.05) is 0 Å². The van der Waals surface area contributed by atoms with E-state index in [9.17, 15) is 14.7 Å². The smallest absolute Gasteiger partial charge is 0.251 e. The van der Waals surface area contributed by atoms with E-state index >= 15 is 0 Å². The number of amides is 2. The number of benzene rings is 1. The van der Waals surface area contributed by atoms with Crippen LogP contribution in [0.5, 0.6) is 5.75 Å². The molecule has 2 aromatic rings. The minimum Gasteiger partial charge on any atom is -0.458 e. The molecule has 2 amide bonds. The minimum atomic E-state index is -0.940. The van der Waals surface area contributed by atoms with Gasteiger partial charge in [-0.25, -0.2) is 0 Å². The predicted octanol–water partition coefficient (Wildman–Crippen LogP) is 2.19. The third kappa shape index (κ3) is 5.73. The van der Waals surface area contributed by atoms with Gasteiger partial charge in [-0.2, -0.15) is 5.10 Å². The fourth-order valence-corrected chi connectivity index (χ4v) is 4.11. The molecule has 1 aliphatic heterocycles. The molecule has 176 valence electrons. The van der Waals surface area contributed by atoms with Crippen LogP contribution in [0.3, 0.4) is 0 Å². The van der Waals surface area contributed by atoms with Crippen molar-refractivity contribution in [3.63, 3.8) is 0 Å². The van der Waals surface area contributed by atoms with E-state index in [1.165, 1.54) is 15.7 Å². The molecule has 33 heavy (non-hydrogen) atoms. The molecule has 0 spiro atoms. The Balaban J connectivity index is 1.44.